The van der Waals surface area contributed by atoms with Gasteiger partial charge in [-0.05, 0) is 65.6 Å². The van der Waals surface area contributed by atoms with Crippen LogP contribution in [0.5, 0.6) is 5.75 Å². The van der Waals surface area contributed by atoms with Crippen molar-refractivity contribution >= 4 is 57.7 Å². The molecule has 1 heterocycles. The number of carbonyl (C=O) groups excluding carboxylic acids is 3. The molecule has 0 aliphatic heterocycles. The van der Waals surface area contributed by atoms with E-state index in [9.17, 15) is 14.4 Å². The number of hydrogen-bond donors (Lipinski definition) is 3. The molecule has 47 heavy (non-hydrogen) atoms. The van der Waals surface area contributed by atoms with E-state index in [1.807, 2.05) is 66.0 Å². The molecule has 0 aliphatic rings. The number of thioether (sulfide) groups is 1. The van der Waals surface area contributed by atoms with Crippen molar-refractivity contribution < 1.29 is 19.1 Å². The molecule has 0 aliphatic carbocycles. The van der Waals surface area contributed by atoms with E-state index in [2.05, 4.69) is 34.8 Å². The molecule has 5 rings (SSSR count). The van der Waals surface area contributed by atoms with Crippen molar-refractivity contribution in [1.29, 1.82) is 0 Å². The van der Waals surface area contributed by atoms with E-state index in [-0.39, 0.29) is 17.4 Å². The van der Waals surface area contributed by atoms with Crippen LogP contribution in [0.3, 0.4) is 0 Å². The van der Waals surface area contributed by atoms with Crippen LogP contribution in [0.2, 0.25) is 0 Å². The lowest BCUT2D eigenvalue weighted by Gasteiger charge is -2.12. The third-order valence-electron chi connectivity index (χ3n) is 7.02. The average molecular weight is 663 g/mol. The number of aromatic nitrogens is 1. The summed E-state index contributed by atoms with van der Waals surface area (Å²) in [6.45, 7) is 4.23. The zero-order valence-electron chi connectivity index (χ0n) is 26.2. The van der Waals surface area contributed by atoms with Crippen molar-refractivity contribution in [3.8, 4) is 17.0 Å². The Kier molecular flexibility index (Phi) is 11.2. The molecule has 3 amide bonds. The number of rotatable bonds is 12. The first-order chi connectivity index (χ1) is 22.8. The SMILES string of the molecule is COc1cccc(-c2csc(NC(=O)CSc3cccc(NC(=O)/C(=C\c4ccc(C(C)C)cc4)NC(=O)c4ccccc4)c3)n2)c1. The fraction of sp³-hybridized carbons (Fsp3) is 0.135. The van der Waals surface area contributed by atoms with Crippen molar-refractivity contribution in [2.24, 2.45) is 0 Å². The summed E-state index contributed by atoms with van der Waals surface area (Å²) in [4.78, 5) is 44.6. The molecule has 8 nitrogen and oxygen atoms in total. The second kappa shape index (κ2) is 15.9. The lowest BCUT2D eigenvalue weighted by molar-refractivity contribution is -0.114. The normalized spacial score (nSPS) is 11.2. The Morgan fingerprint density at radius 2 is 1.66 bits per heavy atom. The van der Waals surface area contributed by atoms with Crippen LogP contribution in [-0.4, -0.2) is 35.6 Å². The number of anilines is 2. The van der Waals surface area contributed by atoms with E-state index in [1.54, 1.807) is 55.7 Å². The van der Waals surface area contributed by atoms with Gasteiger partial charge in [0.1, 0.15) is 11.4 Å². The van der Waals surface area contributed by atoms with Gasteiger partial charge in [-0.3, -0.25) is 14.4 Å². The minimum atomic E-state index is -0.474. The van der Waals surface area contributed by atoms with Crippen LogP contribution >= 0.6 is 23.1 Å². The first-order valence-corrected chi connectivity index (χ1v) is 16.8. The van der Waals surface area contributed by atoms with Crippen molar-refractivity contribution in [2.45, 2.75) is 24.7 Å². The monoisotopic (exact) mass is 662 g/mol. The number of ether oxygens (including phenoxy) is 1. The Bertz CT molecular complexity index is 1890. The summed E-state index contributed by atoms with van der Waals surface area (Å²) in [6, 6.07) is 31.4. The molecule has 4 aromatic carbocycles. The van der Waals surface area contributed by atoms with Crippen molar-refractivity contribution in [1.82, 2.24) is 10.3 Å². The van der Waals surface area contributed by atoms with Crippen LogP contribution in [0, 0.1) is 0 Å². The molecule has 0 saturated heterocycles. The first kappa shape index (κ1) is 33.2. The Hall–Kier alpha value is -5.19. The second-order valence-electron chi connectivity index (χ2n) is 10.8. The van der Waals surface area contributed by atoms with E-state index in [0.717, 1.165) is 27.5 Å². The summed E-state index contributed by atoms with van der Waals surface area (Å²) in [6.07, 6.45) is 1.65. The zero-order valence-corrected chi connectivity index (χ0v) is 27.8. The Labute approximate surface area is 282 Å². The highest BCUT2D eigenvalue weighted by molar-refractivity contribution is 8.00. The minimum Gasteiger partial charge on any atom is -0.497 e. The molecule has 238 valence electrons. The maximum Gasteiger partial charge on any atom is 0.272 e. The molecule has 3 N–H and O–H groups in total. The summed E-state index contributed by atoms with van der Waals surface area (Å²) < 4.78 is 5.29. The maximum absolute atomic E-state index is 13.5. The number of hydrogen-bond acceptors (Lipinski definition) is 7. The molecule has 0 bridgehead atoms. The predicted molar refractivity (Wildman–Crippen MR) is 191 cm³/mol. The fourth-order valence-electron chi connectivity index (χ4n) is 4.50. The Morgan fingerprint density at radius 1 is 0.894 bits per heavy atom. The van der Waals surface area contributed by atoms with Gasteiger partial charge < -0.3 is 20.7 Å². The van der Waals surface area contributed by atoms with Crippen LogP contribution in [0.4, 0.5) is 10.8 Å². The van der Waals surface area contributed by atoms with Gasteiger partial charge in [-0.25, -0.2) is 4.98 Å². The third kappa shape index (κ3) is 9.41. The van der Waals surface area contributed by atoms with Gasteiger partial charge in [0.2, 0.25) is 5.91 Å². The summed E-state index contributed by atoms with van der Waals surface area (Å²) in [5.74, 6) is 0.185. The number of amides is 3. The summed E-state index contributed by atoms with van der Waals surface area (Å²) in [5, 5.41) is 10.9. The van der Waals surface area contributed by atoms with Crippen LogP contribution in [0.25, 0.3) is 17.3 Å². The molecule has 1 aromatic heterocycles. The molecule has 0 spiro atoms. The Balaban J connectivity index is 1.23. The average Bonchev–Trinajstić information content (AvgIpc) is 3.56. The van der Waals surface area contributed by atoms with Crippen molar-refractivity contribution in [3.63, 3.8) is 0 Å². The number of methoxy groups -OCH3 is 1. The highest BCUT2D eigenvalue weighted by Gasteiger charge is 2.16. The van der Waals surface area contributed by atoms with Crippen LogP contribution in [0.1, 0.15) is 41.3 Å². The van der Waals surface area contributed by atoms with Crippen LogP contribution < -0.4 is 20.7 Å². The van der Waals surface area contributed by atoms with Gasteiger partial charge in [-0.15, -0.1) is 23.1 Å². The second-order valence-corrected chi connectivity index (χ2v) is 12.7. The fourth-order valence-corrected chi connectivity index (χ4v) is 5.99. The largest absolute Gasteiger partial charge is 0.497 e. The standard InChI is InChI=1S/C37H34N4O4S2/c1-24(2)26-17-15-25(16-18-26)19-32(39-35(43)27-9-5-4-6-10-27)36(44)38-29-12-8-14-31(21-29)46-23-34(42)41-37-40-33(22-47-37)28-11-7-13-30(20-28)45-3/h4-22,24H,23H2,1-3H3,(H,38,44)(H,39,43)(H,40,41,42)/b32-19+. The molecule has 0 atom stereocenters. The van der Waals surface area contributed by atoms with Gasteiger partial charge in [-0.1, -0.05) is 74.5 Å². The first-order valence-electron chi connectivity index (χ1n) is 14.9. The maximum atomic E-state index is 13.5. The molecule has 0 fully saturated rings. The third-order valence-corrected chi connectivity index (χ3v) is 8.77. The topological polar surface area (TPSA) is 109 Å². The number of nitrogens with zero attached hydrogens (tertiary/aromatic N) is 1. The van der Waals surface area contributed by atoms with Gasteiger partial charge in [0.05, 0.1) is 18.6 Å². The van der Waals surface area contributed by atoms with Crippen molar-refractivity contribution in [3.05, 3.63) is 131 Å². The summed E-state index contributed by atoms with van der Waals surface area (Å²) in [5.41, 5.74) is 4.67. The molecule has 0 unspecified atom stereocenters. The Morgan fingerprint density at radius 3 is 2.40 bits per heavy atom. The lowest BCUT2D eigenvalue weighted by atomic mass is 10.0. The van der Waals surface area contributed by atoms with Gasteiger partial charge in [0.25, 0.3) is 11.8 Å². The number of thiazole rings is 1. The lowest BCUT2D eigenvalue weighted by Crippen LogP contribution is -2.30. The molecule has 0 radical (unpaired) electrons. The number of nitrogens with one attached hydrogen (secondary N) is 3. The van der Waals surface area contributed by atoms with Crippen LogP contribution in [-0.2, 0) is 9.59 Å². The van der Waals surface area contributed by atoms with E-state index >= 15 is 0 Å². The van der Waals surface area contributed by atoms with Gasteiger partial charge in [-0.2, -0.15) is 0 Å². The number of carbonyl (C=O) groups is 3. The van der Waals surface area contributed by atoms with Gasteiger partial charge >= 0.3 is 0 Å². The van der Waals surface area contributed by atoms with Crippen LogP contribution in [0.15, 0.2) is 119 Å². The van der Waals surface area contributed by atoms with E-state index in [4.69, 9.17) is 4.74 Å². The minimum absolute atomic E-state index is 0.102. The molecule has 10 heteroatoms. The smallest absolute Gasteiger partial charge is 0.272 e. The summed E-state index contributed by atoms with van der Waals surface area (Å²) >= 11 is 2.68. The molecular formula is C37H34N4O4S2. The summed E-state index contributed by atoms with van der Waals surface area (Å²) in [7, 11) is 1.61. The highest BCUT2D eigenvalue weighted by atomic mass is 32.2. The highest BCUT2D eigenvalue weighted by Crippen LogP contribution is 2.28. The zero-order chi connectivity index (χ0) is 33.2. The number of benzene rings is 4. The van der Waals surface area contributed by atoms with Gasteiger partial charge in [0.15, 0.2) is 5.13 Å². The molecular weight excluding hydrogens is 629 g/mol. The van der Waals surface area contributed by atoms with E-state index in [0.29, 0.717) is 22.3 Å². The van der Waals surface area contributed by atoms with Gasteiger partial charge in [0, 0.05) is 27.1 Å². The van der Waals surface area contributed by atoms with E-state index in [1.165, 1.54) is 28.7 Å². The quantitative estimate of drug-likeness (QED) is 0.0921. The van der Waals surface area contributed by atoms with Crippen molar-refractivity contribution in [2.75, 3.05) is 23.5 Å². The predicted octanol–water partition coefficient (Wildman–Crippen LogP) is 8.08. The molecule has 5 aromatic rings. The molecule has 0 saturated carbocycles. The van der Waals surface area contributed by atoms with E-state index < -0.39 is 11.8 Å².